The molecule has 2 aliphatic heterocycles. The van der Waals surface area contributed by atoms with E-state index in [1.165, 1.54) is 12.8 Å². The Kier molecular flexibility index (Phi) is 6.59. The van der Waals surface area contributed by atoms with E-state index in [1.54, 1.807) is 13.2 Å². The number of methoxy groups -OCH3 is 1. The first-order chi connectivity index (χ1) is 15.1. The van der Waals surface area contributed by atoms with Gasteiger partial charge in [0, 0.05) is 30.1 Å². The smallest absolute Gasteiger partial charge is 0.126 e. The molecule has 1 aromatic rings. The summed E-state index contributed by atoms with van der Waals surface area (Å²) in [6, 6.07) is 7.78. The van der Waals surface area contributed by atoms with Crippen molar-refractivity contribution in [3.8, 4) is 5.75 Å². The molecule has 1 fully saturated rings. The zero-order valence-electron chi connectivity index (χ0n) is 18.1. The third kappa shape index (κ3) is 4.60. The molecule has 4 rings (SSSR count). The number of para-hydroxylation sites is 1. The predicted molar refractivity (Wildman–Crippen MR) is 124 cm³/mol. The number of nitrogens with two attached hydrogens (primary N) is 1. The highest BCUT2D eigenvalue weighted by atomic mass is 19.1. The molecular weight excluding hydrogens is 391 g/mol. The van der Waals surface area contributed by atoms with Gasteiger partial charge in [0.2, 0.25) is 0 Å². The molecule has 5 nitrogen and oxygen atoms in total. The van der Waals surface area contributed by atoms with Crippen molar-refractivity contribution in [1.29, 1.82) is 0 Å². The van der Waals surface area contributed by atoms with Crippen LogP contribution >= 0.6 is 0 Å². The molecule has 1 atom stereocenters. The quantitative estimate of drug-likeness (QED) is 0.461. The monoisotopic (exact) mass is 422 g/mol. The molecule has 1 aromatic carbocycles. The summed E-state index contributed by atoms with van der Waals surface area (Å²) in [5, 5.41) is 3.36. The maximum atomic E-state index is 14.6. The second-order valence-electron chi connectivity index (χ2n) is 8.29. The predicted octanol–water partition coefficient (Wildman–Crippen LogP) is 3.81. The first-order valence-corrected chi connectivity index (χ1v) is 10.9. The number of likely N-dealkylation sites (tertiary alicyclic amines) is 1. The van der Waals surface area contributed by atoms with Crippen molar-refractivity contribution in [2.24, 2.45) is 11.8 Å². The van der Waals surface area contributed by atoms with Crippen molar-refractivity contribution in [1.82, 2.24) is 15.6 Å². The Morgan fingerprint density at radius 1 is 1.26 bits per heavy atom. The number of nitrogens with one attached hydrogen (secondary N) is 2. The number of hydrogen-bond acceptors (Lipinski definition) is 5. The summed E-state index contributed by atoms with van der Waals surface area (Å²) < 4.78 is 20.1. The molecule has 0 radical (unpaired) electrons. The molecule has 1 aliphatic carbocycles. The lowest BCUT2D eigenvalue weighted by Gasteiger charge is -2.29. The fourth-order valence-electron chi connectivity index (χ4n) is 4.60. The van der Waals surface area contributed by atoms with Gasteiger partial charge in [0.1, 0.15) is 17.4 Å². The van der Waals surface area contributed by atoms with E-state index < -0.39 is 0 Å². The number of ether oxygens (including phenoxy) is 1. The summed E-state index contributed by atoms with van der Waals surface area (Å²) in [6.45, 7) is 7.87. The number of nitrogens with zero attached hydrogens (tertiary/aromatic N) is 1. The Bertz CT molecular complexity index is 969. The Morgan fingerprint density at radius 3 is 2.77 bits per heavy atom. The van der Waals surface area contributed by atoms with Crippen molar-refractivity contribution in [2.45, 2.75) is 19.3 Å². The standard InChI is InChI=1S/C25H31FN4O/c1-17(21-7-3-4-8-24(21)31-2)22-14-19(15-28-25(22)29-27)18-9-10-23(26)20(13-18)16-30-11-5-6-12-30/h3-4,7-10,14,20,28-29H,1,5-6,11-13,15-16,27H2,2H3. The highest BCUT2D eigenvalue weighted by Crippen LogP contribution is 2.36. The number of allylic oxidation sites excluding steroid dienone is 5. The molecule has 0 saturated carbocycles. The number of hydrogen-bond donors (Lipinski definition) is 3. The maximum Gasteiger partial charge on any atom is 0.126 e. The second kappa shape index (κ2) is 9.54. The lowest BCUT2D eigenvalue weighted by Crippen LogP contribution is -2.36. The maximum absolute atomic E-state index is 14.6. The number of rotatable bonds is 7. The summed E-state index contributed by atoms with van der Waals surface area (Å²) in [4.78, 5) is 2.37. The number of dihydropyridines is 1. The molecule has 31 heavy (non-hydrogen) atoms. The van der Waals surface area contributed by atoms with Gasteiger partial charge in [-0.15, -0.1) is 0 Å². The minimum Gasteiger partial charge on any atom is -0.496 e. The topological polar surface area (TPSA) is 62.5 Å². The van der Waals surface area contributed by atoms with Crippen LogP contribution in [0.2, 0.25) is 0 Å². The van der Waals surface area contributed by atoms with Crippen molar-refractivity contribution >= 4 is 5.57 Å². The van der Waals surface area contributed by atoms with E-state index in [1.807, 2.05) is 30.3 Å². The zero-order valence-corrected chi connectivity index (χ0v) is 18.1. The van der Waals surface area contributed by atoms with Crippen molar-refractivity contribution in [3.63, 3.8) is 0 Å². The van der Waals surface area contributed by atoms with Gasteiger partial charge >= 0.3 is 0 Å². The highest BCUT2D eigenvalue weighted by Gasteiger charge is 2.27. The highest BCUT2D eigenvalue weighted by molar-refractivity contribution is 5.84. The van der Waals surface area contributed by atoms with Crippen molar-refractivity contribution in [3.05, 3.63) is 83.0 Å². The average Bonchev–Trinajstić information content (AvgIpc) is 3.32. The largest absolute Gasteiger partial charge is 0.496 e. The molecular formula is C25H31FN4O. The van der Waals surface area contributed by atoms with Crippen LogP contribution in [0.3, 0.4) is 0 Å². The molecule has 0 bridgehead atoms. The number of benzene rings is 1. The number of hydrazine groups is 1. The van der Waals surface area contributed by atoms with E-state index in [0.717, 1.165) is 53.2 Å². The lowest BCUT2D eigenvalue weighted by molar-refractivity contribution is 0.274. The van der Waals surface area contributed by atoms with Crippen LogP contribution in [0.25, 0.3) is 5.57 Å². The van der Waals surface area contributed by atoms with Crippen LogP contribution in [0.5, 0.6) is 5.75 Å². The van der Waals surface area contributed by atoms with Gasteiger partial charge < -0.3 is 20.4 Å². The molecule has 6 heteroatoms. The fraction of sp³-hybridized carbons (Fsp3) is 0.360. The van der Waals surface area contributed by atoms with Crippen molar-refractivity contribution in [2.75, 3.05) is 33.3 Å². The molecule has 0 aromatic heterocycles. The first kappa shape index (κ1) is 21.4. The summed E-state index contributed by atoms with van der Waals surface area (Å²) in [5.74, 6) is 7.15. The zero-order chi connectivity index (χ0) is 21.8. The van der Waals surface area contributed by atoms with E-state index in [4.69, 9.17) is 10.6 Å². The third-order valence-electron chi connectivity index (χ3n) is 6.33. The minimum absolute atomic E-state index is 0.0153. The Labute approximate surface area is 183 Å². The molecule has 164 valence electrons. The van der Waals surface area contributed by atoms with E-state index in [-0.39, 0.29) is 11.7 Å². The number of halogens is 1. The fourth-order valence-corrected chi connectivity index (χ4v) is 4.60. The van der Waals surface area contributed by atoms with Crippen LogP contribution in [0.15, 0.2) is 77.4 Å². The van der Waals surface area contributed by atoms with Crippen molar-refractivity contribution < 1.29 is 9.13 Å². The normalized spacial score (nSPS) is 21.8. The molecule has 1 unspecified atom stereocenters. The molecule has 0 amide bonds. The summed E-state index contributed by atoms with van der Waals surface area (Å²) in [6.07, 6.45) is 8.78. The lowest BCUT2D eigenvalue weighted by atomic mass is 9.85. The van der Waals surface area contributed by atoms with Crippen LogP contribution in [0.4, 0.5) is 4.39 Å². The minimum atomic E-state index is -0.0853. The Hall–Kier alpha value is -2.83. The SMILES string of the molecule is C=C(C1=C(NN)NCC(C2=CC=C(F)C(CN3CCCC3)C2)=C1)c1ccccc1OC. The summed E-state index contributed by atoms with van der Waals surface area (Å²) in [7, 11) is 1.65. The molecule has 1 saturated heterocycles. The summed E-state index contributed by atoms with van der Waals surface area (Å²) in [5.41, 5.74) is 7.62. The second-order valence-corrected chi connectivity index (χ2v) is 8.29. The first-order valence-electron chi connectivity index (χ1n) is 10.9. The van der Waals surface area contributed by atoms with E-state index in [0.29, 0.717) is 18.8 Å². The summed E-state index contributed by atoms with van der Waals surface area (Å²) >= 11 is 0. The van der Waals surface area contributed by atoms with Gasteiger partial charge in [0.05, 0.1) is 7.11 Å². The van der Waals surface area contributed by atoms with Gasteiger partial charge in [0.25, 0.3) is 0 Å². The van der Waals surface area contributed by atoms with E-state index in [9.17, 15) is 4.39 Å². The molecule has 4 N–H and O–H groups in total. The van der Waals surface area contributed by atoms with Gasteiger partial charge in [-0.3, -0.25) is 0 Å². The van der Waals surface area contributed by atoms with Gasteiger partial charge in [0.15, 0.2) is 0 Å². The third-order valence-corrected chi connectivity index (χ3v) is 6.33. The average molecular weight is 423 g/mol. The van der Waals surface area contributed by atoms with Gasteiger partial charge in [-0.2, -0.15) is 0 Å². The Balaban J connectivity index is 1.59. The van der Waals surface area contributed by atoms with Gasteiger partial charge in [-0.1, -0.05) is 30.9 Å². The van der Waals surface area contributed by atoms with Crippen LogP contribution in [0.1, 0.15) is 24.8 Å². The van der Waals surface area contributed by atoms with Crippen LogP contribution < -0.4 is 21.3 Å². The van der Waals surface area contributed by atoms with Crippen LogP contribution in [-0.4, -0.2) is 38.2 Å². The molecule has 3 aliphatic rings. The molecule has 0 spiro atoms. The molecule has 2 heterocycles. The van der Waals surface area contributed by atoms with Gasteiger partial charge in [-0.25, -0.2) is 10.2 Å². The Morgan fingerprint density at radius 2 is 2.03 bits per heavy atom. The van der Waals surface area contributed by atoms with Gasteiger partial charge in [-0.05, 0) is 67.3 Å². The van der Waals surface area contributed by atoms with Crippen LogP contribution in [-0.2, 0) is 0 Å². The van der Waals surface area contributed by atoms with Crippen LogP contribution in [0, 0.1) is 5.92 Å². The van der Waals surface area contributed by atoms with E-state index >= 15 is 0 Å². The van der Waals surface area contributed by atoms with E-state index in [2.05, 4.69) is 28.3 Å².